The van der Waals surface area contributed by atoms with Gasteiger partial charge in [-0.3, -0.25) is 4.98 Å². The third-order valence-electron chi connectivity index (χ3n) is 2.65. The molecule has 0 amide bonds. The summed E-state index contributed by atoms with van der Waals surface area (Å²) in [6, 6.07) is 3.55. The van der Waals surface area contributed by atoms with Gasteiger partial charge >= 0.3 is 5.97 Å². The number of hydrogen-bond donors (Lipinski definition) is 1. The second-order valence-electron chi connectivity index (χ2n) is 4.17. The number of carbonyl (C=O) groups is 1. The maximum atomic E-state index is 10.3. The van der Waals surface area contributed by atoms with Gasteiger partial charge in [-0.2, -0.15) is 0 Å². The molecule has 0 spiro atoms. The number of aliphatic carboxylic acids is 1. The molecule has 1 N–H and O–H groups in total. The van der Waals surface area contributed by atoms with Crippen molar-refractivity contribution in [3.05, 3.63) is 30.1 Å². The van der Waals surface area contributed by atoms with Crippen molar-refractivity contribution in [3.63, 3.8) is 0 Å². The van der Waals surface area contributed by atoms with E-state index in [9.17, 15) is 4.79 Å². The molecular formula is C13H15NO3. The van der Waals surface area contributed by atoms with Crippen molar-refractivity contribution in [2.45, 2.75) is 19.3 Å². The first-order valence-corrected chi connectivity index (χ1v) is 5.74. The molecule has 0 unspecified atom stereocenters. The van der Waals surface area contributed by atoms with Crippen LogP contribution in [0.15, 0.2) is 24.4 Å². The van der Waals surface area contributed by atoms with E-state index < -0.39 is 5.97 Å². The SMILES string of the molecule is O=C(O)C=Cc1ccc(OCCC2CC2)cn1. The van der Waals surface area contributed by atoms with Crippen LogP contribution >= 0.6 is 0 Å². The quantitative estimate of drug-likeness (QED) is 0.766. The second kappa shape index (κ2) is 5.48. The first-order valence-electron chi connectivity index (χ1n) is 5.74. The Balaban J connectivity index is 1.81. The fourth-order valence-corrected chi connectivity index (χ4v) is 1.48. The fourth-order valence-electron chi connectivity index (χ4n) is 1.48. The van der Waals surface area contributed by atoms with Crippen LogP contribution in [-0.4, -0.2) is 22.7 Å². The van der Waals surface area contributed by atoms with Crippen molar-refractivity contribution >= 4 is 12.0 Å². The van der Waals surface area contributed by atoms with Crippen LogP contribution in [0.4, 0.5) is 0 Å². The molecule has 1 heterocycles. The summed E-state index contributed by atoms with van der Waals surface area (Å²) in [5, 5.41) is 8.46. The third kappa shape index (κ3) is 4.26. The number of pyridine rings is 1. The van der Waals surface area contributed by atoms with E-state index in [4.69, 9.17) is 9.84 Å². The molecule has 90 valence electrons. The molecule has 1 saturated carbocycles. The average Bonchev–Trinajstić information content (AvgIpc) is 3.12. The minimum absolute atomic E-state index is 0.613. The van der Waals surface area contributed by atoms with Crippen LogP contribution in [0.3, 0.4) is 0 Å². The summed E-state index contributed by atoms with van der Waals surface area (Å²) in [6.45, 7) is 0.733. The summed E-state index contributed by atoms with van der Waals surface area (Å²) >= 11 is 0. The number of hydrogen-bond acceptors (Lipinski definition) is 3. The summed E-state index contributed by atoms with van der Waals surface area (Å²) in [5.74, 6) is 0.621. The Hall–Kier alpha value is -1.84. The summed E-state index contributed by atoms with van der Waals surface area (Å²) in [6.07, 6.45) is 7.92. The molecule has 0 radical (unpaired) electrons. The van der Waals surface area contributed by atoms with E-state index in [0.717, 1.165) is 30.8 Å². The molecule has 4 nitrogen and oxygen atoms in total. The van der Waals surface area contributed by atoms with E-state index in [0.29, 0.717) is 5.69 Å². The Morgan fingerprint density at radius 1 is 1.53 bits per heavy atom. The number of carboxylic acids is 1. The number of ether oxygens (including phenoxy) is 1. The van der Waals surface area contributed by atoms with Crippen LogP contribution in [0.5, 0.6) is 5.75 Å². The predicted octanol–water partition coefficient (Wildman–Crippen LogP) is 2.36. The van der Waals surface area contributed by atoms with E-state index in [1.165, 1.54) is 18.9 Å². The van der Waals surface area contributed by atoms with E-state index >= 15 is 0 Å². The van der Waals surface area contributed by atoms with Gasteiger partial charge in [-0.25, -0.2) is 4.79 Å². The zero-order valence-corrected chi connectivity index (χ0v) is 9.50. The van der Waals surface area contributed by atoms with E-state index in [1.807, 2.05) is 0 Å². The molecule has 0 atom stereocenters. The van der Waals surface area contributed by atoms with Gasteiger partial charge in [-0.15, -0.1) is 0 Å². The predicted molar refractivity (Wildman–Crippen MR) is 63.7 cm³/mol. The molecule has 0 bridgehead atoms. The Morgan fingerprint density at radius 2 is 2.35 bits per heavy atom. The summed E-state index contributed by atoms with van der Waals surface area (Å²) in [7, 11) is 0. The highest BCUT2D eigenvalue weighted by atomic mass is 16.5. The molecule has 1 aliphatic rings. The Kier molecular flexibility index (Phi) is 3.75. The zero-order valence-electron chi connectivity index (χ0n) is 9.50. The molecule has 1 aromatic heterocycles. The minimum Gasteiger partial charge on any atom is -0.492 e. The highest BCUT2D eigenvalue weighted by Crippen LogP contribution is 2.32. The first-order chi connectivity index (χ1) is 8.24. The van der Waals surface area contributed by atoms with Crippen molar-refractivity contribution in [3.8, 4) is 5.75 Å². The van der Waals surface area contributed by atoms with Crippen LogP contribution in [0, 0.1) is 5.92 Å². The Bertz CT molecular complexity index is 407. The average molecular weight is 233 g/mol. The van der Waals surface area contributed by atoms with Crippen molar-refractivity contribution in [2.24, 2.45) is 5.92 Å². The van der Waals surface area contributed by atoms with Gasteiger partial charge in [0.25, 0.3) is 0 Å². The van der Waals surface area contributed by atoms with Crippen LogP contribution in [0.25, 0.3) is 6.08 Å². The highest BCUT2D eigenvalue weighted by Gasteiger charge is 2.20. The molecule has 1 aromatic rings. The van der Waals surface area contributed by atoms with E-state index in [1.54, 1.807) is 18.3 Å². The van der Waals surface area contributed by atoms with Gasteiger partial charge in [0.2, 0.25) is 0 Å². The standard InChI is InChI=1S/C13H15NO3/c15-13(16)6-4-11-3-5-12(9-14-11)17-8-7-10-1-2-10/h3-6,9-10H,1-2,7-8H2,(H,15,16). The zero-order chi connectivity index (χ0) is 12.1. The minimum atomic E-state index is -0.975. The van der Waals surface area contributed by atoms with Gasteiger partial charge in [-0.1, -0.05) is 12.8 Å². The number of nitrogens with zero attached hydrogens (tertiary/aromatic N) is 1. The molecule has 2 rings (SSSR count). The molecule has 1 aliphatic carbocycles. The molecule has 4 heteroatoms. The lowest BCUT2D eigenvalue weighted by molar-refractivity contribution is -0.131. The molecule has 1 fully saturated rings. The lowest BCUT2D eigenvalue weighted by atomic mass is 10.3. The second-order valence-corrected chi connectivity index (χ2v) is 4.17. The topological polar surface area (TPSA) is 59.4 Å². The monoisotopic (exact) mass is 233 g/mol. The summed E-state index contributed by atoms with van der Waals surface area (Å²) < 4.78 is 5.53. The third-order valence-corrected chi connectivity index (χ3v) is 2.65. The van der Waals surface area contributed by atoms with E-state index in [2.05, 4.69) is 4.98 Å². The van der Waals surface area contributed by atoms with Crippen molar-refractivity contribution in [1.82, 2.24) is 4.98 Å². The van der Waals surface area contributed by atoms with Gasteiger partial charge in [0.15, 0.2) is 0 Å². The molecule has 0 aromatic carbocycles. The first kappa shape index (κ1) is 11.6. The maximum Gasteiger partial charge on any atom is 0.328 e. The Labute approximate surface area is 99.9 Å². The van der Waals surface area contributed by atoms with Crippen LogP contribution in [-0.2, 0) is 4.79 Å². The van der Waals surface area contributed by atoms with Crippen LogP contribution in [0.1, 0.15) is 25.0 Å². The van der Waals surface area contributed by atoms with Crippen molar-refractivity contribution in [2.75, 3.05) is 6.61 Å². The molecule has 0 aliphatic heterocycles. The van der Waals surface area contributed by atoms with Gasteiger partial charge in [0, 0.05) is 6.08 Å². The summed E-state index contributed by atoms with van der Waals surface area (Å²) in [4.78, 5) is 14.4. The Morgan fingerprint density at radius 3 is 2.94 bits per heavy atom. The summed E-state index contributed by atoms with van der Waals surface area (Å²) in [5.41, 5.74) is 0.613. The maximum absolute atomic E-state index is 10.3. The van der Waals surface area contributed by atoms with Gasteiger partial charge < -0.3 is 9.84 Å². The van der Waals surface area contributed by atoms with Crippen molar-refractivity contribution in [1.29, 1.82) is 0 Å². The highest BCUT2D eigenvalue weighted by molar-refractivity contribution is 5.84. The van der Waals surface area contributed by atoms with Gasteiger partial charge in [-0.05, 0) is 30.5 Å². The van der Waals surface area contributed by atoms with Crippen molar-refractivity contribution < 1.29 is 14.6 Å². The number of rotatable bonds is 6. The largest absolute Gasteiger partial charge is 0.492 e. The van der Waals surface area contributed by atoms with Crippen LogP contribution < -0.4 is 4.74 Å². The normalized spacial score (nSPS) is 15.1. The lowest BCUT2D eigenvalue weighted by Gasteiger charge is -2.04. The van der Waals surface area contributed by atoms with Crippen LogP contribution in [0.2, 0.25) is 0 Å². The molecule has 0 saturated heterocycles. The van der Waals surface area contributed by atoms with E-state index in [-0.39, 0.29) is 0 Å². The van der Waals surface area contributed by atoms with Gasteiger partial charge in [0.1, 0.15) is 5.75 Å². The number of carboxylic acid groups (broad SMARTS) is 1. The molecule has 17 heavy (non-hydrogen) atoms. The fraction of sp³-hybridized carbons (Fsp3) is 0.385. The smallest absolute Gasteiger partial charge is 0.328 e. The number of aromatic nitrogens is 1. The van der Waals surface area contributed by atoms with Gasteiger partial charge in [0.05, 0.1) is 18.5 Å². The lowest BCUT2D eigenvalue weighted by Crippen LogP contribution is -1.98. The molecular weight excluding hydrogens is 218 g/mol.